The van der Waals surface area contributed by atoms with Crippen LogP contribution in [0.15, 0.2) is 46.0 Å². The van der Waals surface area contributed by atoms with Gasteiger partial charge in [-0.25, -0.2) is 4.79 Å². The molecular weight excluding hydrogens is 496 g/mol. The van der Waals surface area contributed by atoms with Crippen molar-refractivity contribution < 1.29 is 19.1 Å². The Kier molecular flexibility index (Phi) is 8.24. The first-order chi connectivity index (χ1) is 17.2. The van der Waals surface area contributed by atoms with Crippen LogP contribution in [-0.4, -0.2) is 58.5 Å². The number of nitrogens with zero attached hydrogens (tertiary/aromatic N) is 2. The number of carbonyl (C=O) groups excluding carboxylic acids is 3. The molecule has 0 saturated carbocycles. The first-order valence-electron chi connectivity index (χ1n) is 12.1. The number of aliphatic imine (C=N–C) groups is 2. The van der Waals surface area contributed by atoms with Gasteiger partial charge in [0.05, 0.1) is 18.7 Å². The minimum atomic E-state index is -1.01. The molecule has 3 atom stereocenters. The smallest absolute Gasteiger partial charge is 0.329 e. The van der Waals surface area contributed by atoms with Crippen molar-refractivity contribution in [2.24, 2.45) is 15.9 Å². The monoisotopic (exact) mass is 528 g/mol. The zero-order valence-corrected chi connectivity index (χ0v) is 22.5. The van der Waals surface area contributed by atoms with Crippen LogP contribution in [0.25, 0.3) is 0 Å². The van der Waals surface area contributed by atoms with Gasteiger partial charge >= 0.3 is 5.97 Å². The number of thiol groups is 1. The Bertz CT molecular complexity index is 1150. The highest BCUT2D eigenvalue weighted by Crippen LogP contribution is 2.33. The van der Waals surface area contributed by atoms with Crippen molar-refractivity contribution in [2.75, 3.05) is 12.3 Å². The van der Waals surface area contributed by atoms with Crippen molar-refractivity contribution >= 4 is 52.9 Å². The summed E-state index contributed by atoms with van der Waals surface area (Å²) in [7, 11) is 0. The molecule has 8 nitrogen and oxygen atoms in total. The minimum absolute atomic E-state index is 0.00342. The number of ether oxygens (including phenoxy) is 1. The SMILES string of the molecule is CC(C)[C@@H]1NC(=O)[C@]2(C)CSC(=N2)C2=CCC(=N2)CNC(=O)C[C@@H](Cc2cccc(CS)c2)OC1=O. The number of hydrogen-bond acceptors (Lipinski definition) is 8. The normalized spacial score (nSPS) is 27.1. The first-order valence-corrected chi connectivity index (χ1v) is 13.7. The van der Waals surface area contributed by atoms with E-state index in [9.17, 15) is 14.4 Å². The van der Waals surface area contributed by atoms with Gasteiger partial charge in [-0.3, -0.25) is 19.6 Å². The molecule has 0 saturated heterocycles. The number of benzene rings is 1. The second-order valence-corrected chi connectivity index (χ2v) is 11.1. The molecule has 3 aliphatic heterocycles. The highest BCUT2D eigenvalue weighted by molar-refractivity contribution is 8.14. The Balaban J connectivity index is 1.62. The zero-order valence-electron chi connectivity index (χ0n) is 20.7. The number of nitrogens with one attached hydrogen (secondary N) is 2. The lowest BCUT2D eigenvalue weighted by Crippen LogP contribution is -2.53. The van der Waals surface area contributed by atoms with Gasteiger partial charge in [-0.15, -0.1) is 11.8 Å². The van der Waals surface area contributed by atoms with E-state index < -0.39 is 23.7 Å². The summed E-state index contributed by atoms with van der Waals surface area (Å²) in [6.45, 7) is 5.77. The van der Waals surface area contributed by atoms with Crippen molar-refractivity contribution in [1.82, 2.24) is 10.6 Å². The van der Waals surface area contributed by atoms with Gasteiger partial charge < -0.3 is 15.4 Å². The molecule has 0 spiro atoms. The lowest BCUT2D eigenvalue weighted by atomic mass is 9.99. The maximum atomic E-state index is 13.3. The van der Waals surface area contributed by atoms with E-state index in [1.165, 1.54) is 11.8 Å². The van der Waals surface area contributed by atoms with Crippen molar-refractivity contribution in [3.8, 4) is 0 Å². The number of rotatable bonds is 4. The van der Waals surface area contributed by atoms with E-state index >= 15 is 0 Å². The Morgan fingerprint density at radius 2 is 2.03 bits per heavy atom. The van der Waals surface area contributed by atoms with Crippen LogP contribution in [0.2, 0.25) is 0 Å². The van der Waals surface area contributed by atoms with Gasteiger partial charge in [0.25, 0.3) is 0 Å². The number of hydrogen-bond donors (Lipinski definition) is 3. The van der Waals surface area contributed by atoms with Crippen molar-refractivity contribution in [1.29, 1.82) is 0 Å². The van der Waals surface area contributed by atoms with E-state index in [0.717, 1.165) is 22.5 Å². The third-order valence-electron chi connectivity index (χ3n) is 6.39. The van der Waals surface area contributed by atoms with E-state index in [-0.39, 0.29) is 24.2 Å². The van der Waals surface area contributed by atoms with Gasteiger partial charge in [0, 0.05) is 30.1 Å². The standard InChI is InChI=1S/C26H32N4O4S2/c1-15(2)22-24(32)34-19(10-16-5-4-6-17(9-16)13-35)11-21(31)27-12-18-7-8-20(28-18)23-30-26(3,14-36-23)25(33)29-22/h4-6,8-9,15,19,22,35H,7,10-14H2,1-3H3,(H,27,31)(H,29,33)/t19-,22+,26+/m1/s1. The Morgan fingerprint density at radius 1 is 1.25 bits per heavy atom. The maximum absolute atomic E-state index is 13.3. The fourth-order valence-electron chi connectivity index (χ4n) is 4.25. The van der Waals surface area contributed by atoms with Crippen LogP contribution in [-0.2, 0) is 31.3 Å². The van der Waals surface area contributed by atoms with Gasteiger partial charge in [0.15, 0.2) is 0 Å². The van der Waals surface area contributed by atoms with E-state index in [1.807, 2.05) is 44.2 Å². The number of amides is 2. The largest absolute Gasteiger partial charge is 0.460 e. The Labute approximate surface area is 221 Å². The van der Waals surface area contributed by atoms with Crippen LogP contribution >= 0.6 is 24.4 Å². The van der Waals surface area contributed by atoms with Gasteiger partial charge in [0.2, 0.25) is 11.8 Å². The van der Waals surface area contributed by atoms with Gasteiger partial charge in [-0.1, -0.05) is 44.2 Å². The van der Waals surface area contributed by atoms with E-state index in [2.05, 4.69) is 33.2 Å². The number of fused-ring (bicyclic) bond motifs is 3. The second-order valence-electron chi connectivity index (χ2n) is 9.87. The quantitative estimate of drug-likeness (QED) is 0.411. The van der Waals surface area contributed by atoms with Crippen molar-refractivity contribution in [2.45, 2.75) is 63.5 Å². The molecule has 1 aromatic rings. The lowest BCUT2D eigenvalue weighted by Gasteiger charge is -2.27. The van der Waals surface area contributed by atoms with Crippen molar-refractivity contribution in [3.63, 3.8) is 0 Å². The molecule has 36 heavy (non-hydrogen) atoms. The summed E-state index contributed by atoms with van der Waals surface area (Å²) in [5.41, 5.74) is 2.52. The highest BCUT2D eigenvalue weighted by Gasteiger charge is 2.42. The van der Waals surface area contributed by atoms with Gasteiger partial charge in [-0.2, -0.15) is 12.6 Å². The molecule has 0 unspecified atom stereocenters. The summed E-state index contributed by atoms with van der Waals surface area (Å²) in [5.74, 6) is -0.290. The molecular formula is C26H32N4O4S2. The minimum Gasteiger partial charge on any atom is -0.460 e. The predicted octanol–water partition coefficient (Wildman–Crippen LogP) is 2.86. The summed E-state index contributed by atoms with van der Waals surface area (Å²) in [6.07, 6.45) is 2.26. The summed E-state index contributed by atoms with van der Waals surface area (Å²) in [6, 6.07) is 6.96. The molecule has 1 aromatic carbocycles. The number of allylic oxidation sites excluding steroid dienone is 1. The zero-order chi connectivity index (χ0) is 25.9. The molecule has 192 valence electrons. The number of esters is 1. The predicted molar refractivity (Wildman–Crippen MR) is 146 cm³/mol. The fraction of sp³-hybridized carbons (Fsp3) is 0.500. The van der Waals surface area contributed by atoms with E-state index in [1.54, 1.807) is 6.92 Å². The topological polar surface area (TPSA) is 109 Å². The van der Waals surface area contributed by atoms with Crippen LogP contribution in [0.3, 0.4) is 0 Å². The highest BCUT2D eigenvalue weighted by atomic mass is 32.2. The first kappa shape index (κ1) is 26.5. The molecule has 0 fully saturated rings. The number of carbonyl (C=O) groups is 3. The molecule has 2 amide bonds. The van der Waals surface area contributed by atoms with E-state index in [4.69, 9.17) is 4.74 Å². The third kappa shape index (κ3) is 6.21. The molecule has 10 heteroatoms. The molecule has 3 aliphatic rings. The number of cyclic esters (lactones) is 1. The molecule has 3 heterocycles. The Hall–Kier alpha value is -2.59. The lowest BCUT2D eigenvalue weighted by molar-refractivity contribution is -0.155. The molecule has 2 N–H and O–H groups in total. The third-order valence-corrected chi connectivity index (χ3v) is 8.03. The molecule has 0 radical (unpaired) electrons. The number of thioether (sulfide) groups is 1. The molecule has 4 bridgehead atoms. The van der Waals surface area contributed by atoms with Gasteiger partial charge in [-0.05, 0) is 24.0 Å². The summed E-state index contributed by atoms with van der Waals surface area (Å²) in [5, 5.41) is 6.49. The summed E-state index contributed by atoms with van der Waals surface area (Å²) < 4.78 is 5.88. The second kappa shape index (κ2) is 11.2. The van der Waals surface area contributed by atoms with Crippen LogP contribution < -0.4 is 10.6 Å². The van der Waals surface area contributed by atoms with Crippen LogP contribution in [0.5, 0.6) is 0 Å². The van der Waals surface area contributed by atoms with Gasteiger partial charge in [0.1, 0.15) is 22.7 Å². The van der Waals surface area contributed by atoms with Crippen molar-refractivity contribution in [3.05, 3.63) is 47.2 Å². The average Bonchev–Trinajstić information content (AvgIpc) is 3.47. The Morgan fingerprint density at radius 3 is 2.78 bits per heavy atom. The summed E-state index contributed by atoms with van der Waals surface area (Å²) >= 11 is 5.81. The molecule has 0 aromatic heterocycles. The van der Waals surface area contributed by atoms with Crippen LogP contribution in [0, 0.1) is 5.92 Å². The molecule has 0 aliphatic carbocycles. The fourth-order valence-corrected chi connectivity index (χ4v) is 5.61. The molecule has 4 rings (SSSR count). The van der Waals surface area contributed by atoms with Crippen LogP contribution in [0.4, 0.5) is 0 Å². The maximum Gasteiger partial charge on any atom is 0.329 e. The van der Waals surface area contributed by atoms with Crippen LogP contribution in [0.1, 0.15) is 44.7 Å². The average molecular weight is 529 g/mol. The summed E-state index contributed by atoms with van der Waals surface area (Å²) in [4.78, 5) is 48.7. The van der Waals surface area contributed by atoms with E-state index in [0.29, 0.717) is 35.9 Å².